The van der Waals surface area contributed by atoms with Gasteiger partial charge in [0.05, 0.1) is 28.5 Å². The molecule has 1 unspecified atom stereocenters. The SMILES string of the molecule is CC(C)(C)OC(=O)N1CCN2c3c(cnc4cc(Br)c(Cl)cc34)OCC2C1. The zero-order valence-electron chi connectivity index (χ0n) is 15.5. The molecule has 1 aromatic carbocycles. The summed E-state index contributed by atoms with van der Waals surface area (Å²) in [7, 11) is 0. The Kier molecular flexibility index (Phi) is 4.63. The van der Waals surface area contributed by atoms with E-state index in [1.54, 1.807) is 11.1 Å². The van der Waals surface area contributed by atoms with Crippen LogP contribution < -0.4 is 9.64 Å². The van der Waals surface area contributed by atoms with Crippen molar-refractivity contribution in [2.75, 3.05) is 31.1 Å². The number of carbonyl (C=O) groups excluding carboxylic acids is 1. The molecule has 0 saturated carbocycles. The van der Waals surface area contributed by atoms with Gasteiger partial charge in [-0.15, -0.1) is 0 Å². The fourth-order valence-electron chi connectivity index (χ4n) is 3.53. The maximum Gasteiger partial charge on any atom is 0.410 e. The predicted octanol–water partition coefficient (Wildman–Crippen LogP) is 4.47. The molecular formula is C19H21BrClN3O3. The fourth-order valence-corrected chi connectivity index (χ4v) is 4.02. The highest BCUT2D eigenvalue weighted by Crippen LogP contribution is 2.42. The van der Waals surface area contributed by atoms with E-state index in [9.17, 15) is 4.79 Å². The van der Waals surface area contributed by atoms with Crippen molar-refractivity contribution in [3.05, 3.63) is 27.8 Å². The molecule has 1 fully saturated rings. The topological polar surface area (TPSA) is 54.9 Å². The quantitative estimate of drug-likeness (QED) is 0.588. The van der Waals surface area contributed by atoms with Crippen molar-refractivity contribution in [2.45, 2.75) is 32.4 Å². The summed E-state index contributed by atoms with van der Waals surface area (Å²) >= 11 is 9.78. The number of amides is 1. The maximum absolute atomic E-state index is 12.4. The molecule has 0 bridgehead atoms. The van der Waals surface area contributed by atoms with Crippen LogP contribution in [0.25, 0.3) is 10.9 Å². The zero-order chi connectivity index (χ0) is 19.3. The van der Waals surface area contributed by atoms with Crippen molar-refractivity contribution in [2.24, 2.45) is 0 Å². The zero-order valence-corrected chi connectivity index (χ0v) is 17.8. The first-order chi connectivity index (χ1) is 12.7. The lowest BCUT2D eigenvalue weighted by atomic mass is 10.1. The largest absolute Gasteiger partial charge is 0.488 e. The van der Waals surface area contributed by atoms with Crippen LogP contribution in [0.3, 0.4) is 0 Å². The molecule has 2 aliphatic rings. The van der Waals surface area contributed by atoms with Crippen molar-refractivity contribution >= 4 is 50.2 Å². The molecule has 144 valence electrons. The highest BCUT2D eigenvalue weighted by atomic mass is 79.9. The maximum atomic E-state index is 12.4. The summed E-state index contributed by atoms with van der Waals surface area (Å²) < 4.78 is 12.3. The van der Waals surface area contributed by atoms with E-state index in [1.807, 2.05) is 32.9 Å². The van der Waals surface area contributed by atoms with Gasteiger partial charge in [-0.3, -0.25) is 4.98 Å². The van der Waals surface area contributed by atoms with Gasteiger partial charge < -0.3 is 19.3 Å². The Morgan fingerprint density at radius 3 is 2.89 bits per heavy atom. The molecule has 1 amide bonds. The summed E-state index contributed by atoms with van der Waals surface area (Å²) in [6, 6.07) is 3.89. The third-order valence-corrected chi connectivity index (χ3v) is 5.90. The number of carbonyl (C=O) groups is 1. The first-order valence-corrected chi connectivity index (χ1v) is 10.0. The number of hydrogen-bond donors (Lipinski definition) is 0. The van der Waals surface area contributed by atoms with Gasteiger partial charge in [0.25, 0.3) is 0 Å². The number of halogens is 2. The van der Waals surface area contributed by atoms with Gasteiger partial charge in [0.1, 0.15) is 12.2 Å². The van der Waals surface area contributed by atoms with Crippen LogP contribution in [0.4, 0.5) is 10.5 Å². The third kappa shape index (κ3) is 3.55. The summed E-state index contributed by atoms with van der Waals surface area (Å²) in [4.78, 5) is 21.0. The molecule has 0 aliphatic carbocycles. The van der Waals surface area contributed by atoms with Crippen molar-refractivity contribution in [3.8, 4) is 5.75 Å². The third-order valence-electron chi connectivity index (χ3n) is 4.70. The molecule has 1 aromatic heterocycles. The first kappa shape index (κ1) is 18.6. The molecule has 27 heavy (non-hydrogen) atoms. The lowest BCUT2D eigenvalue weighted by Gasteiger charge is -2.45. The van der Waals surface area contributed by atoms with Crippen LogP contribution in [0.1, 0.15) is 20.8 Å². The van der Waals surface area contributed by atoms with E-state index in [2.05, 4.69) is 25.8 Å². The lowest BCUT2D eigenvalue weighted by Crippen LogP contribution is -2.59. The molecule has 0 radical (unpaired) electrons. The normalized spacial score (nSPS) is 19.4. The molecule has 2 aromatic rings. The standard InChI is InChI=1S/C19H21BrClN3O3/c1-19(2,3)27-18(25)23-4-5-24-11(9-23)10-26-16-8-22-15-7-13(20)14(21)6-12(15)17(16)24/h6-8,11H,4-5,9-10H2,1-3H3. The molecule has 4 rings (SSSR count). The second-order valence-electron chi connectivity index (χ2n) is 7.84. The van der Waals surface area contributed by atoms with Gasteiger partial charge in [-0.1, -0.05) is 11.6 Å². The smallest absolute Gasteiger partial charge is 0.410 e. The number of anilines is 1. The van der Waals surface area contributed by atoms with Gasteiger partial charge in [0.15, 0.2) is 5.75 Å². The number of piperazine rings is 1. The monoisotopic (exact) mass is 453 g/mol. The highest BCUT2D eigenvalue weighted by Gasteiger charge is 2.37. The Bertz CT molecular complexity index is 915. The number of benzene rings is 1. The molecule has 2 aliphatic heterocycles. The minimum atomic E-state index is -0.504. The van der Waals surface area contributed by atoms with Crippen molar-refractivity contribution < 1.29 is 14.3 Å². The average Bonchev–Trinajstić information content (AvgIpc) is 2.60. The number of aromatic nitrogens is 1. The van der Waals surface area contributed by atoms with E-state index < -0.39 is 5.60 Å². The summed E-state index contributed by atoms with van der Waals surface area (Å²) in [6.07, 6.45) is 1.48. The second kappa shape index (κ2) is 6.71. The summed E-state index contributed by atoms with van der Waals surface area (Å²) in [6.45, 7) is 7.99. The van der Waals surface area contributed by atoms with Crippen LogP contribution in [0.5, 0.6) is 5.75 Å². The Balaban J connectivity index is 1.64. The minimum absolute atomic E-state index is 0.0618. The van der Waals surface area contributed by atoms with Crippen LogP contribution in [-0.2, 0) is 4.74 Å². The van der Waals surface area contributed by atoms with Gasteiger partial charge in [-0.2, -0.15) is 0 Å². The Morgan fingerprint density at radius 1 is 1.37 bits per heavy atom. The molecule has 1 saturated heterocycles. The number of nitrogens with zero attached hydrogens (tertiary/aromatic N) is 3. The van der Waals surface area contributed by atoms with Crippen LogP contribution in [-0.4, -0.2) is 53.9 Å². The number of hydrogen-bond acceptors (Lipinski definition) is 5. The Hall–Kier alpha value is -1.73. The van der Waals surface area contributed by atoms with Crippen LogP contribution in [0, 0.1) is 0 Å². The number of pyridine rings is 1. The van der Waals surface area contributed by atoms with Crippen LogP contribution in [0.2, 0.25) is 5.02 Å². The van der Waals surface area contributed by atoms with E-state index in [-0.39, 0.29) is 12.1 Å². The van der Waals surface area contributed by atoms with Crippen molar-refractivity contribution in [1.29, 1.82) is 0 Å². The van der Waals surface area contributed by atoms with Crippen LogP contribution in [0.15, 0.2) is 22.8 Å². The van der Waals surface area contributed by atoms with E-state index in [0.717, 1.165) is 26.8 Å². The highest BCUT2D eigenvalue weighted by molar-refractivity contribution is 9.10. The van der Waals surface area contributed by atoms with E-state index >= 15 is 0 Å². The summed E-state index contributed by atoms with van der Waals surface area (Å²) in [5.41, 5.74) is 1.34. The molecular weight excluding hydrogens is 434 g/mol. The summed E-state index contributed by atoms with van der Waals surface area (Å²) in [5, 5.41) is 1.59. The first-order valence-electron chi connectivity index (χ1n) is 8.88. The predicted molar refractivity (Wildman–Crippen MR) is 109 cm³/mol. The molecule has 3 heterocycles. The Morgan fingerprint density at radius 2 is 2.15 bits per heavy atom. The van der Waals surface area contributed by atoms with E-state index in [1.165, 1.54) is 0 Å². The Labute approximate surface area is 171 Å². The van der Waals surface area contributed by atoms with E-state index in [0.29, 0.717) is 31.3 Å². The number of ether oxygens (including phenoxy) is 2. The van der Waals surface area contributed by atoms with Crippen molar-refractivity contribution in [1.82, 2.24) is 9.88 Å². The van der Waals surface area contributed by atoms with Gasteiger partial charge in [-0.25, -0.2) is 4.79 Å². The summed E-state index contributed by atoms with van der Waals surface area (Å²) in [5.74, 6) is 0.753. The molecule has 1 atom stereocenters. The minimum Gasteiger partial charge on any atom is -0.488 e. The van der Waals surface area contributed by atoms with Gasteiger partial charge >= 0.3 is 6.09 Å². The van der Waals surface area contributed by atoms with Gasteiger partial charge in [0.2, 0.25) is 0 Å². The molecule has 6 nitrogen and oxygen atoms in total. The second-order valence-corrected chi connectivity index (χ2v) is 9.10. The van der Waals surface area contributed by atoms with Crippen molar-refractivity contribution in [3.63, 3.8) is 0 Å². The average molecular weight is 455 g/mol. The lowest BCUT2D eigenvalue weighted by molar-refractivity contribution is 0.0195. The number of rotatable bonds is 0. The fraction of sp³-hybridized carbons (Fsp3) is 0.474. The van der Waals surface area contributed by atoms with Gasteiger partial charge in [-0.05, 0) is 48.8 Å². The number of fused-ring (bicyclic) bond motifs is 5. The molecule has 8 heteroatoms. The van der Waals surface area contributed by atoms with Crippen LogP contribution >= 0.6 is 27.5 Å². The molecule has 0 N–H and O–H groups in total. The van der Waals surface area contributed by atoms with E-state index in [4.69, 9.17) is 21.1 Å². The van der Waals surface area contributed by atoms with Gasteiger partial charge in [0, 0.05) is 29.5 Å². The molecule has 0 spiro atoms.